The Hall–Kier alpha value is -1.04. The Morgan fingerprint density at radius 3 is 3.12 bits per heavy atom. The molecule has 1 fully saturated rings. The zero-order chi connectivity index (χ0) is 12.3. The molecule has 92 valence electrons. The van der Waals surface area contributed by atoms with Gasteiger partial charge in [0.2, 0.25) is 0 Å². The maximum absolute atomic E-state index is 13.7. The van der Waals surface area contributed by atoms with Crippen LogP contribution in [-0.2, 0) is 4.74 Å². The molecule has 0 saturated carbocycles. The first-order valence-electron chi connectivity index (χ1n) is 5.46. The van der Waals surface area contributed by atoms with Crippen LogP contribution in [0.5, 0.6) is 5.75 Å². The van der Waals surface area contributed by atoms with Crippen LogP contribution in [0.15, 0.2) is 18.2 Å². The summed E-state index contributed by atoms with van der Waals surface area (Å²) in [5.74, 6) is -0.503. The smallest absolute Gasteiger partial charge is 0.132 e. The van der Waals surface area contributed by atoms with Crippen molar-refractivity contribution in [3.05, 3.63) is 29.6 Å². The molecule has 0 aromatic heterocycles. The van der Waals surface area contributed by atoms with E-state index in [0.29, 0.717) is 25.3 Å². The number of ether oxygens (including phenoxy) is 1. The molecule has 3 nitrogen and oxygen atoms in total. The highest BCUT2D eigenvalue weighted by Crippen LogP contribution is 2.26. The van der Waals surface area contributed by atoms with Crippen LogP contribution in [0.3, 0.4) is 0 Å². The van der Waals surface area contributed by atoms with Crippen molar-refractivity contribution in [2.45, 2.75) is 6.10 Å². The molecule has 1 unspecified atom stereocenters. The van der Waals surface area contributed by atoms with E-state index in [1.807, 2.05) is 0 Å². The Kier molecular flexibility index (Phi) is 4.04. The van der Waals surface area contributed by atoms with E-state index in [1.54, 1.807) is 11.4 Å². The molecule has 1 aromatic rings. The van der Waals surface area contributed by atoms with Crippen molar-refractivity contribution >= 4 is 17.6 Å². The quantitative estimate of drug-likeness (QED) is 0.836. The van der Waals surface area contributed by atoms with E-state index in [-0.39, 0.29) is 11.9 Å². The summed E-state index contributed by atoms with van der Waals surface area (Å²) >= 11 is 4.82. The van der Waals surface area contributed by atoms with Gasteiger partial charge in [0, 0.05) is 31.3 Å². The average Bonchev–Trinajstić information content (AvgIpc) is 2.29. The van der Waals surface area contributed by atoms with Gasteiger partial charge in [-0.2, -0.15) is 0 Å². The van der Waals surface area contributed by atoms with Gasteiger partial charge in [0.1, 0.15) is 11.6 Å². The van der Waals surface area contributed by atoms with Crippen LogP contribution in [0.2, 0.25) is 0 Å². The Bertz CT molecular complexity index is 413. The van der Waals surface area contributed by atoms with E-state index in [2.05, 4.69) is 4.90 Å². The number of morpholine rings is 1. The highest BCUT2D eigenvalue weighted by Gasteiger charge is 2.23. The zero-order valence-corrected chi connectivity index (χ0v) is 10.1. The predicted molar refractivity (Wildman–Crippen MR) is 66.9 cm³/mol. The summed E-state index contributed by atoms with van der Waals surface area (Å²) in [6.45, 7) is 2.70. The van der Waals surface area contributed by atoms with E-state index in [9.17, 15) is 4.39 Å². The van der Waals surface area contributed by atoms with Crippen molar-refractivity contribution in [2.24, 2.45) is 0 Å². The fraction of sp³-hybridized carbons (Fsp3) is 0.417. The molecule has 1 aliphatic rings. The van der Waals surface area contributed by atoms with Crippen LogP contribution in [0, 0.1) is 5.82 Å². The highest BCUT2D eigenvalue weighted by molar-refractivity contribution is 7.79. The number of hydrogen-bond donors (Lipinski definition) is 1. The van der Waals surface area contributed by atoms with Crippen LogP contribution in [0.25, 0.3) is 0 Å². The van der Waals surface area contributed by atoms with Gasteiger partial charge in [0.05, 0.1) is 12.7 Å². The summed E-state index contributed by atoms with van der Waals surface area (Å²) in [5, 5.41) is 10.8. The number of hydrogen-bond acceptors (Lipinski definition) is 4. The topological polar surface area (TPSA) is 32.7 Å². The molecule has 1 saturated heterocycles. The van der Waals surface area contributed by atoms with Gasteiger partial charge >= 0.3 is 0 Å². The van der Waals surface area contributed by atoms with Crippen molar-refractivity contribution < 1.29 is 14.2 Å². The Labute approximate surface area is 105 Å². The Morgan fingerprint density at radius 2 is 2.41 bits per heavy atom. The van der Waals surface area contributed by atoms with E-state index >= 15 is 0 Å². The first kappa shape index (κ1) is 12.4. The summed E-state index contributed by atoms with van der Waals surface area (Å²) in [5.41, 5.74) is 0.483. The molecule has 0 radical (unpaired) electrons. The molecule has 1 N–H and O–H groups in total. The molecule has 1 heterocycles. The van der Waals surface area contributed by atoms with Crippen LogP contribution >= 0.6 is 12.2 Å². The summed E-state index contributed by atoms with van der Waals surface area (Å²) in [6, 6.07) is 4.15. The summed E-state index contributed by atoms with van der Waals surface area (Å²) in [4.78, 5) is 2.12. The molecular formula is C12H14FNO2S. The lowest BCUT2D eigenvalue weighted by Crippen LogP contribution is -2.39. The third-order valence-corrected chi connectivity index (χ3v) is 2.96. The summed E-state index contributed by atoms with van der Waals surface area (Å²) in [7, 11) is 0. The monoisotopic (exact) mass is 255 g/mol. The van der Waals surface area contributed by atoms with E-state index in [0.717, 1.165) is 12.6 Å². The number of rotatable bonds is 3. The minimum absolute atomic E-state index is 0.0715. The molecule has 1 aromatic carbocycles. The Morgan fingerprint density at radius 1 is 1.59 bits per heavy atom. The molecule has 0 aliphatic carbocycles. The van der Waals surface area contributed by atoms with Crippen molar-refractivity contribution in [3.63, 3.8) is 0 Å². The molecule has 1 aliphatic heterocycles. The number of halogens is 1. The lowest BCUT2D eigenvalue weighted by atomic mass is 10.1. The van der Waals surface area contributed by atoms with Gasteiger partial charge in [-0.05, 0) is 17.5 Å². The van der Waals surface area contributed by atoms with E-state index in [1.165, 1.54) is 6.07 Å². The minimum atomic E-state index is -0.431. The van der Waals surface area contributed by atoms with Crippen molar-refractivity contribution in [3.8, 4) is 5.75 Å². The first-order valence-corrected chi connectivity index (χ1v) is 5.94. The van der Waals surface area contributed by atoms with Gasteiger partial charge in [-0.3, -0.25) is 4.90 Å². The third kappa shape index (κ3) is 3.00. The molecule has 5 heteroatoms. The number of aromatic hydroxyl groups is 1. The van der Waals surface area contributed by atoms with Crippen molar-refractivity contribution in [2.75, 3.05) is 26.2 Å². The SMILES string of the molecule is Oc1ccc(C2CN(CC=S)CCO2)c(F)c1. The lowest BCUT2D eigenvalue weighted by molar-refractivity contribution is -0.0259. The van der Waals surface area contributed by atoms with Gasteiger partial charge in [-0.1, -0.05) is 12.2 Å². The normalized spacial score (nSPS) is 21.4. The fourth-order valence-electron chi connectivity index (χ4n) is 1.94. The molecule has 0 spiro atoms. The number of phenolic OH excluding ortho intramolecular Hbond substituents is 1. The molecule has 1 atom stereocenters. The highest BCUT2D eigenvalue weighted by atomic mass is 32.1. The summed E-state index contributed by atoms with van der Waals surface area (Å²) in [6.07, 6.45) is -0.292. The van der Waals surface area contributed by atoms with E-state index in [4.69, 9.17) is 22.1 Å². The molecular weight excluding hydrogens is 241 g/mol. The largest absolute Gasteiger partial charge is 0.508 e. The number of thiocarbonyl (C=S) groups is 1. The van der Waals surface area contributed by atoms with E-state index < -0.39 is 5.82 Å². The average molecular weight is 255 g/mol. The Balaban J connectivity index is 2.13. The molecule has 0 bridgehead atoms. The second-order valence-electron chi connectivity index (χ2n) is 3.99. The zero-order valence-electron chi connectivity index (χ0n) is 9.30. The fourth-order valence-corrected chi connectivity index (χ4v) is 2.15. The third-order valence-electron chi connectivity index (χ3n) is 2.81. The predicted octanol–water partition coefficient (Wildman–Crippen LogP) is 1.90. The second-order valence-corrected chi connectivity index (χ2v) is 4.32. The van der Waals surface area contributed by atoms with Gasteiger partial charge in [0.25, 0.3) is 0 Å². The van der Waals surface area contributed by atoms with Gasteiger partial charge in [0.15, 0.2) is 0 Å². The van der Waals surface area contributed by atoms with Crippen molar-refractivity contribution in [1.82, 2.24) is 4.90 Å². The molecule has 17 heavy (non-hydrogen) atoms. The van der Waals surface area contributed by atoms with Gasteiger partial charge in [-0.25, -0.2) is 4.39 Å². The van der Waals surface area contributed by atoms with Crippen LogP contribution in [0.4, 0.5) is 4.39 Å². The molecule has 0 amide bonds. The first-order chi connectivity index (χ1) is 8.20. The summed E-state index contributed by atoms with van der Waals surface area (Å²) < 4.78 is 19.2. The number of nitrogens with zero attached hydrogens (tertiary/aromatic N) is 1. The van der Waals surface area contributed by atoms with Gasteiger partial charge in [-0.15, -0.1) is 0 Å². The van der Waals surface area contributed by atoms with Gasteiger partial charge < -0.3 is 9.84 Å². The maximum atomic E-state index is 13.7. The standard InChI is InChI=1S/C12H14FNO2S/c13-11-7-9(15)1-2-10(11)12-8-14(4-6-17)3-5-16-12/h1-2,6-7,12,15H,3-5,8H2. The van der Waals surface area contributed by atoms with Crippen LogP contribution < -0.4 is 0 Å². The van der Waals surface area contributed by atoms with Crippen LogP contribution in [0.1, 0.15) is 11.7 Å². The van der Waals surface area contributed by atoms with Crippen LogP contribution in [-0.4, -0.2) is 41.6 Å². The number of phenols is 1. The number of benzene rings is 1. The lowest BCUT2D eigenvalue weighted by Gasteiger charge is -2.32. The van der Waals surface area contributed by atoms with Crippen molar-refractivity contribution in [1.29, 1.82) is 0 Å². The maximum Gasteiger partial charge on any atom is 0.132 e. The second kappa shape index (κ2) is 5.53. The minimum Gasteiger partial charge on any atom is -0.508 e. The molecule has 2 rings (SSSR count).